The Bertz CT molecular complexity index is 1160. The molecule has 0 radical (unpaired) electrons. The molecular weight excluding hydrogens is 462 g/mol. The molecule has 0 aromatic heterocycles. The minimum atomic E-state index is -5.01. The third-order valence-corrected chi connectivity index (χ3v) is 7.43. The third kappa shape index (κ3) is 5.17. The number of nitrogens with zero attached hydrogens (tertiary/aromatic N) is 1. The molecule has 0 aliphatic heterocycles. The van der Waals surface area contributed by atoms with E-state index < -0.39 is 61.8 Å². The summed E-state index contributed by atoms with van der Waals surface area (Å²) < 4.78 is 81.5. The number of amides is 1. The molecule has 0 bridgehead atoms. The van der Waals surface area contributed by atoms with Crippen molar-refractivity contribution in [1.82, 2.24) is 5.32 Å². The van der Waals surface area contributed by atoms with E-state index in [1.165, 1.54) is 12.1 Å². The number of halogens is 4. The van der Waals surface area contributed by atoms with Crippen molar-refractivity contribution in [1.29, 1.82) is 5.26 Å². The smallest absolute Gasteiger partial charge is 0.368 e. The molecule has 1 amide bonds. The maximum Gasteiger partial charge on any atom is 0.407 e. The van der Waals surface area contributed by atoms with Crippen LogP contribution in [0.25, 0.3) is 0 Å². The molecule has 1 aliphatic carbocycles. The highest BCUT2D eigenvalue weighted by Crippen LogP contribution is 2.55. The molecule has 176 valence electrons. The van der Waals surface area contributed by atoms with Gasteiger partial charge in [-0.15, -0.1) is 0 Å². The van der Waals surface area contributed by atoms with Gasteiger partial charge in [0.1, 0.15) is 17.4 Å². The first-order valence-electron chi connectivity index (χ1n) is 9.90. The average Bonchev–Trinajstić information content (AvgIpc) is 3.53. The fraction of sp³-hybridized carbons (Fsp3) is 0.364. The summed E-state index contributed by atoms with van der Waals surface area (Å²) >= 11 is 0. The van der Waals surface area contributed by atoms with Crippen LogP contribution in [0.3, 0.4) is 0 Å². The zero-order valence-electron chi connectivity index (χ0n) is 17.3. The Morgan fingerprint density at radius 2 is 1.70 bits per heavy atom. The van der Waals surface area contributed by atoms with Crippen LogP contribution in [0.4, 0.5) is 17.6 Å². The summed E-state index contributed by atoms with van der Waals surface area (Å²) in [7, 11) is -4.21. The number of primary amides is 1. The SMILES string of the molecule is N#CC1([C@@](CS(=O)(=O)Cc2ccccc2)(N[C@@H](c2ccc(F)cc2)C(F)(F)F)C(N)=O)CC1. The number of rotatable bonds is 9. The molecule has 1 fully saturated rings. The molecular formula is C22H21F4N3O3S. The van der Waals surface area contributed by atoms with Crippen LogP contribution in [0.15, 0.2) is 54.6 Å². The molecule has 2 aromatic rings. The van der Waals surface area contributed by atoms with E-state index in [2.05, 4.69) is 5.32 Å². The van der Waals surface area contributed by atoms with Crippen molar-refractivity contribution in [3.8, 4) is 6.07 Å². The van der Waals surface area contributed by atoms with Gasteiger partial charge in [-0.1, -0.05) is 42.5 Å². The van der Waals surface area contributed by atoms with Crippen LogP contribution < -0.4 is 11.1 Å². The van der Waals surface area contributed by atoms with Crippen molar-refractivity contribution in [3.63, 3.8) is 0 Å². The highest BCUT2D eigenvalue weighted by Gasteiger charge is 2.67. The minimum absolute atomic E-state index is 0.00566. The summed E-state index contributed by atoms with van der Waals surface area (Å²) in [6.45, 7) is 0. The molecule has 2 atom stereocenters. The number of sulfone groups is 1. The maximum absolute atomic E-state index is 14.1. The number of nitriles is 1. The monoisotopic (exact) mass is 483 g/mol. The van der Waals surface area contributed by atoms with Crippen LogP contribution in [-0.4, -0.2) is 31.8 Å². The Kier molecular flexibility index (Phi) is 6.55. The maximum atomic E-state index is 14.1. The molecule has 11 heteroatoms. The summed E-state index contributed by atoms with van der Waals surface area (Å²) in [6.07, 6.45) is -5.02. The summed E-state index contributed by atoms with van der Waals surface area (Å²) in [4.78, 5) is 12.7. The summed E-state index contributed by atoms with van der Waals surface area (Å²) in [5.74, 6) is -3.82. The van der Waals surface area contributed by atoms with Crippen molar-refractivity contribution >= 4 is 15.7 Å². The standard InChI is InChI=1S/C22H21F4N3O3S/c23-17-8-6-16(7-9-17)18(22(24,25)26)29-21(19(28)30,20(13-27)10-11-20)14-33(31,32)12-15-4-2-1-3-5-15/h1-9,18,29H,10-12,14H2,(H2,28,30)/t18-,21-/m0/s1. The lowest BCUT2D eigenvalue weighted by Gasteiger charge is -2.39. The molecule has 1 saturated carbocycles. The van der Waals surface area contributed by atoms with Crippen LogP contribution in [-0.2, 0) is 20.4 Å². The zero-order chi connectivity index (χ0) is 24.5. The van der Waals surface area contributed by atoms with Crippen LogP contribution in [0.2, 0.25) is 0 Å². The Morgan fingerprint density at radius 3 is 2.15 bits per heavy atom. The lowest BCUT2D eigenvalue weighted by Crippen LogP contribution is -2.67. The number of carbonyl (C=O) groups is 1. The van der Waals surface area contributed by atoms with Gasteiger partial charge in [0.2, 0.25) is 5.91 Å². The summed E-state index contributed by atoms with van der Waals surface area (Å²) in [5, 5.41) is 11.8. The van der Waals surface area contributed by atoms with Crippen LogP contribution in [0.5, 0.6) is 0 Å². The van der Waals surface area contributed by atoms with E-state index >= 15 is 0 Å². The van der Waals surface area contributed by atoms with E-state index in [1.54, 1.807) is 18.2 Å². The molecule has 6 nitrogen and oxygen atoms in total. The molecule has 33 heavy (non-hydrogen) atoms. The second-order valence-electron chi connectivity index (χ2n) is 8.15. The molecule has 1 aliphatic rings. The highest BCUT2D eigenvalue weighted by molar-refractivity contribution is 7.90. The van der Waals surface area contributed by atoms with Crippen molar-refractivity contribution in [2.75, 3.05) is 5.75 Å². The first-order chi connectivity index (χ1) is 15.3. The molecule has 3 N–H and O–H groups in total. The number of hydrogen-bond donors (Lipinski definition) is 2. The number of benzene rings is 2. The van der Waals surface area contributed by atoms with Crippen LogP contribution in [0, 0.1) is 22.6 Å². The van der Waals surface area contributed by atoms with Gasteiger partial charge < -0.3 is 5.73 Å². The van der Waals surface area contributed by atoms with Crippen molar-refractivity contribution < 1.29 is 30.8 Å². The summed E-state index contributed by atoms with van der Waals surface area (Å²) in [5.41, 5.74) is 1.18. The molecule has 0 unspecified atom stereocenters. The normalized spacial score (nSPS) is 18.0. The average molecular weight is 483 g/mol. The predicted molar refractivity (Wildman–Crippen MR) is 111 cm³/mol. The van der Waals surface area contributed by atoms with Gasteiger partial charge in [0, 0.05) is 0 Å². The number of nitrogens with one attached hydrogen (secondary N) is 1. The third-order valence-electron chi connectivity index (χ3n) is 5.79. The zero-order valence-corrected chi connectivity index (χ0v) is 18.1. The van der Waals surface area contributed by atoms with Gasteiger partial charge in [0.15, 0.2) is 9.84 Å². The minimum Gasteiger partial charge on any atom is -0.368 e. The van der Waals surface area contributed by atoms with Gasteiger partial charge in [0.05, 0.1) is 23.0 Å². The van der Waals surface area contributed by atoms with Gasteiger partial charge >= 0.3 is 6.18 Å². The number of hydrogen-bond acceptors (Lipinski definition) is 5. The Hall–Kier alpha value is -2.97. The largest absolute Gasteiger partial charge is 0.407 e. The van der Waals surface area contributed by atoms with Crippen molar-refractivity contribution in [2.24, 2.45) is 11.1 Å². The summed E-state index contributed by atoms with van der Waals surface area (Å²) in [6, 6.07) is 10.5. The Morgan fingerprint density at radius 1 is 1.12 bits per heavy atom. The number of nitrogens with two attached hydrogens (primary N) is 1. The Balaban J connectivity index is 2.08. The van der Waals surface area contributed by atoms with E-state index in [0.717, 1.165) is 24.3 Å². The van der Waals surface area contributed by atoms with Crippen molar-refractivity contribution in [2.45, 2.75) is 36.4 Å². The topological polar surface area (TPSA) is 113 Å². The fourth-order valence-electron chi connectivity index (χ4n) is 3.92. The number of carbonyl (C=O) groups excluding carboxylic acids is 1. The molecule has 0 heterocycles. The van der Waals surface area contributed by atoms with Gasteiger partial charge in [-0.3, -0.25) is 10.1 Å². The first-order valence-corrected chi connectivity index (χ1v) is 11.7. The van der Waals surface area contributed by atoms with Gasteiger partial charge in [-0.05, 0) is 36.1 Å². The molecule has 3 rings (SSSR count). The highest BCUT2D eigenvalue weighted by atomic mass is 32.2. The molecule has 0 saturated heterocycles. The van der Waals surface area contributed by atoms with E-state index in [4.69, 9.17) is 5.73 Å². The second kappa shape index (κ2) is 8.76. The Labute approximate surface area is 188 Å². The quantitative estimate of drug-likeness (QED) is 0.532. The lowest BCUT2D eigenvalue weighted by molar-refractivity contribution is -0.165. The van der Waals surface area contributed by atoms with E-state index in [-0.39, 0.29) is 12.8 Å². The second-order valence-corrected chi connectivity index (χ2v) is 10.2. The lowest BCUT2D eigenvalue weighted by atomic mass is 9.81. The predicted octanol–water partition coefficient (Wildman–Crippen LogP) is 3.16. The van der Waals surface area contributed by atoms with Gasteiger partial charge in [0.25, 0.3) is 0 Å². The van der Waals surface area contributed by atoms with E-state index in [0.29, 0.717) is 5.56 Å². The van der Waals surface area contributed by atoms with Gasteiger partial charge in [-0.2, -0.15) is 18.4 Å². The van der Waals surface area contributed by atoms with Crippen LogP contribution in [0.1, 0.15) is 30.0 Å². The van der Waals surface area contributed by atoms with Crippen LogP contribution >= 0.6 is 0 Å². The number of alkyl halides is 3. The fourth-order valence-corrected chi connectivity index (χ4v) is 5.88. The van der Waals surface area contributed by atoms with E-state index in [1.807, 2.05) is 6.07 Å². The molecule has 0 spiro atoms. The van der Waals surface area contributed by atoms with Crippen molar-refractivity contribution in [3.05, 3.63) is 71.5 Å². The molecule has 2 aromatic carbocycles. The van der Waals surface area contributed by atoms with E-state index in [9.17, 15) is 36.0 Å². The van der Waals surface area contributed by atoms with Gasteiger partial charge in [-0.25, -0.2) is 12.8 Å². The first kappa shape index (κ1) is 24.7.